The van der Waals surface area contributed by atoms with E-state index in [9.17, 15) is 86.8 Å². The Morgan fingerprint density at radius 2 is 0.988 bits per heavy atom. The van der Waals surface area contributed by atoms with Gasteiger partial charge in [0.25, 0.3) is 0 Å². The van der Waals surface area contributed by atoms with Crippen LogP contribution in [0.15, 0.2) is 0 Å². The van der Waals surface area contributed by atoms with Crippen molar-refractivity contribution in [3.8, 4) is 0 Å². The molecule has 0 amide bonds. The summed E-state index contributed by atoms with van der Waals surface area (Å²) in [6.45, 7) is 7.53. The highest BCUT2D eigenvalue weighted by Crippen LogP contribution is 2.75. The molecule has 38 atom stereocenters. The Balaban J connectivity index is 0.803. The third kappa shape index (κ3) is 11.1. The van der Waals surface area contributed by atoms with Crippen molar-refractivity contribution in [3.05, 3.63) is 0 Å². The monoisotopic (exact) mass is 1240 g/mol. The Kier molecular flexibility index (Phi) is 19.5. The van der Waals surface area contributed by atoms with Gasteiger partial charge >= 0.3 is 0 Å². The predicted molar refractivity (Wildman–Crippen MR) is 282 cm³/mol. The molecule has 7 heterocycles. The standard InChI is InChI=1S/C57H94O29/c1-20-6-11-57(76-18-20)21(2)31-44(86-57)41(73)48-54(3)9-7-22-12-25(23(62)13-56(22,5)30(54)8-10-55(31,48)4)77-50-40(72)37(69)43(29(17-61)81-50)82-53-47(46(35(67)28(16-60)80-53)84-49-38(70)32(64)24(63)19-75-49)85-52-42(74)45(34(66)27(15-59)79-52)83-51-39(71)36(68)33(65)26(14-58)78-51/h20-53,58-74H,6-19H2,1-5H3/t20?,21-,22-,23+,24+,25+,26+,27+,28+,29+,30-,31-,32-,33+,34-,35+,36-,37+,38+,39+,40+,41+,42+,43-,44+,45-,46-,47+,48-,49-,50+,51-,52-,53-,54+,55+,56-,57+/m0/s1. The molecule has 7 saturated heterocycles. The van der Waals surface area contributed by atoms with E-state index in [0.717, 1.165) is 38.5 Å². The van der Waals surface area contributed by atoms with Crippen molar-refractivity contribution in [2.75, 3.05) is 39.6 Å². The summed E-state index contributed by atoms with van der Waals surface area (Å²) < 4.78 is 72.9. The van der Waals surface area contributed by atoms with Crippen molar-refractivity contribution in [1.82, 2.24) is 0 Å². The molecule has 29 nitrogen and oxygen atoms in total. The normalized spacial score (nSPS) is 58.4. The van der Waals surface area contributed by atoms with E-state index in [0.29, 0.717) is 25.4 Å². The molecule has 4 aliphatic carbocycles. The van der Waals surface area contributed by atoms with E-state index >= 15 is 0 Å². The Bertz CT molecular complexity index is 2270. The molecule has 7 aliphatic heterocycles. The van der Waals surface area contributed by atoms with Gasteiger partial charge in [-0.2, -0.15) is 0 Å². The van der Waals surface area contributed by atoms with E-state index in [1.165, 1.54) is 0 Å². The Morgan fingerprint density at radius 1 is 0.442 bits per heavy atom. The van der Waals surface area contributed by atoms with Crippen molar-refractivity contribution in [3.63, 3.8) is 0 Å². The van der Waals surface area contributed by atoms with Crippen LogP contribution in [0.3, 0.4) is 0 Å². The van der Waals surface area contributed by atoms with Crippen LogP contribution >= 0.6 is 0 Å². The van der Waals surface area contributed by atoms with E-state index in [1.807, 2.05) is 0 Å². The van der Waals surface area contributed by atoms with Crippen LogP contribution in [0.1, 0.15) is 86.0 Å². The fraction of sp³-hybridized carbons (Fsp3) is 1.00. The summed E-state index contributed by atoms with van der Waals surface area (Å²) in [5.41, 5.74) is -0.902. The van der Waals surface area contributed by atoms with Crippen LogP contribution in [0, 0.1) is 51.8 Å². The summed E-state index contributed by atoms with van der Waals surface area (Å²) in [6.07, 6.45) is -42.8. The van der Waals surface area contributed by atoms with Crippen molar-refractivity contribution in [2.24, 2.45) is 51.8 Å². The lowest BCUT2D eigenvalue weighted by Crippen LogP contribution is -2.69. The first-order valence-electron chi connectivity index (χ1n) is 30.8. The number of hydrogen-bond donors (Lipinski definition) is 17. The summed E-state index contributed by atoms with van der Waals surface area (Å²) in [4.78, 5) is 0. The molecule has 11 fully saturated rings. The van der Waals surface area contributed by atoms with Crippen LogP contribution in [0.4, 0.5) is 0 Å². The Labute approximate surface area is 497 Å². The quantitative estimate of drug-likeness (QED) is 0.0720. The van der Waals surface area contributed by atoms with Crippen molar-refractivity contribution < 1.29 is 144 Å². The fourth-order valence-electron chi connectivity index (χ4n) is 18.1. The molecule has 0 aromatic rings. The second kappa shape index (κ2) is 25.3. The fourth-order valence-corrected chi connectivity index (χ4v) is 18.1. The van der Waals surface area contributed by atoms with Crippen LogP contribution in [0.5, 0.6) is 0 Å². The smallest absolute Gasteiger partial charge is 0.187 e. The summed E-state index contributed by atoms with van der Waals surface area (Å²) in [6, 6.07) is 0. The lowest BCUT2D eigenvalue weighted by molar-refractivity contribution is -0.410. The highest BCUT2D eigenvalue weighted by atomic mass is 16.8. The van der Waals surface area contributed by atoms with Gasteiger partial charge in [-0.05, 0) is 84.9 Å². The first-order chi connectivity index (χ1) is 40.7. The van der Waals surface area contributed by atoms with Gasteiger partial charge in [0.15, 0.2) is 37.2 Å². The number of hydrogen-bond acceptors (Lipinski definition) is 29. The SMILES string of the molecule is CC1CC[C@@]2(OC1)O[C@H]1[C@@H](O)[C@@H]3[C@](C)(CC[C@@H]4[C@@]5(C)C[C@@H](O)[C@H](O[C@@H]6O[C@H](CO)[C@H](O[C@@H]7O[C@H](CO)[C@@H](O)[C@H](O[C@@H]8OC[C@@H](O)[C@H](O)[C@H]8O)[C@H]7O[C@@H]7O[C@H](CO)[C@H](O)[C@H](O[C@@H]8O[C@H](CO)[C@@H](O)[C@H](O)[C@H]8O)[C@H]7O)[C@H](O)[C@H]6O)C[C@@H]5CC[C@]43C)[C@H]1[C@@H]2C. The zero-order chi connectivity index (χ0) is 62.0. The van der Waals surface area contributed by atoms with Gasteiger partial charge in [-0.3, -0.25) is 0 Å². The molecule has 29 heteroatoms. The van der Waals surface area contributed by atoms with Gasteiger partial charge in [-0.25, -0.2) is 0 Å². The molecule has 4 saturated carbocycles. The first-order valence-corrected chi connectivity index (χ1v) is 30.8. The maximum Gasteiger partial charge on any atom is 0.187 e. The highest BCUT2D eigenvalue weighted by molar-refractivity contribution is 5.22. The van der Waals surface area contributed by atoms with Crippen LogP contribution in [0.2, 0.25) is 0 Å². The first kappa shape index (κ1) is 66.3. The van der Waals surface area contributed by atoms with Gasteiger partial charge in [0.05, 0.1) is 64.1 Å². The minimum Gasteiger partial charge on any atom is -0.394 e. The zero-order valence-corrected chi connectivity index (χ0v) is 49.0. The average Bonchev–Trinajstić information content (AvgIpc) is 1.45. The Morgan fingerprint density at radius 3 is 1.64 bits per heavy atom. The van der Waals surface area contributed by atoms with E-state index in [2.05, 4.69) is 34.6 Å². The summed E-state index contributed by atoms with van der Waals surface area (Å²) in [5, 5.41) is 189. The number of rotatable bonds is 14. The molecule has 0 bridgehead atoms. The molecule has 496 valence electrons. The molecular weight excluding hydrogens is 1150 g/mol. The minimum atomic E-state index is -2.21. The maximum atomic E-state index is 12.5. The number of aliphatic hydroxyl groups excluding tert-OH is 17. The molecular formula is C57H94O29. The summed E-state index contributed by atoms with van der Waals surface area (Å²) >= 11 is 0. The van der Waals surface area contributed by atoms with Gasteiger partial charge in [0.1, 0.15) is 116 Å². The van der Waals surface area contributed by atoms with Gasteiger partial charge in [-0.1, -0.05) is 34.6 Å². The van der Waals surface area contributed by atoms with E-state index in [4.69, 9.17) is 56.8 Å². The average molecular weight is 1240 g/mol. The van der Waals surface area contributed by atoms with Crippen molar-refractivity contribution in [1.29, 1.82) is 0 Å². The van der Waals surface area contributed by atoms with Gasteiger partial charge in [0, 0.05) is 18.3 Å². The van der Waals surface area contributed by atoms with Gasteiger partial charge in [-0.15, -0.1) is 0 Å². The molecule has 0 radical (unpaired) electrons. The summed E-state index contributed by atoms with van der Waals surface area (Å²) in [7, 11) is 0. The van der Waals surface area contributed by atoms with Crippen LogP contribution in [-0.2, 0) is 56.8 Å². The minimum absolute atomic E-state index is 0.0267. The van der Waals surface area contributed by atoms with Crippen molar-refractivity contribution in [2.45, 2.75) is 264 Å². The van der Waals surface area contributed by atoms with Gasteiger partial charge < -0.3 is 144 Å². The highest BCUT2D eigenvalue weighted by Gasteiger charge is 2.75. The van der Waals surface area contributed by atoms with E-state index in [-0.39, 0.29) is 46.5 Å². The molecule has 86 heavy (non-hydrogen) atoms. The molecule has 11 aliphatic rings. The predicted octanol–water partition coefficient (Wildman–Crippen LogP) is -6.11. The number of aliphatic hydroxyl groups is 17. The van der Waals surface area contributed by atoms with Crippen LogP contribution < -0.4 is 0 Å². The van der Waals surface area contributed by atoms with Crippen LogP contribution in [-0.4, -0.2) is 304 Å². The molecule has 0 aromatic carbocycles. The zero-order valence-electron chi connectivity index (χ0n) is 49.0. The Hall–Kier alpha value is -1.16. The largest absolute Gasteiger partial charge is 0.394 e. The second-order valence-corrected chi connectivity index (χ2v) is 27.6. The van der Waals surface area contributed by atoms with Crippen molar-refractivity contribution >= 4 is 0 Å². The number of ether oxygens (including phenoxy) is 12. The lowest BCUT2D eigenvalue weighted by atomic mass is 9.39. The number of fused-ring (bicyclic) bond motifs is 7. The summed E-state index contributed by atoms with van der Waals surface area (Å²) in [5.74, 6) is 0.0275. The molecule has 11 rings (SSSR count). The third-order valence-corrected chi connectivity index (χ3v) is 22.7. The molecule has 1 spiro atoms. The molecule has 17 N–H and O–H groups in total. The third-order valence-electron chi connectivity index (χ3n) is 22.7. The lowest BCUT2D eigenvalue weighted by Gasteiger charge is -2.67. The van der Waals surface area contributed by atoms with E-state index in [1.54, 1.807) is 0 Å². The van der Waals surface area contributed by atoms with E-state index < -0.39 is 210 Å². The molecule has 1 unspecified atom stereocenters. The van der Waals surface area contributed by atoms with Gasteiger partial charge in [0.2, 0.25) is 0 Å². The second-order valence-electron chi connectivity index (χ2n) is 27.6. The maximum absolute atomic E-state index is 12.5. The molecule has 0 aromatic heterocycles. The topological polar surface area (TPSA) is 455 Å². The van der Waals surface area contributed by atoms with Crippen LogP contribution in [0.25, 0.3) is 0 Å².